The molecule has 0 aromatic rings. The number of hydrogen-bond acceptors (Lipinski definition) is 1. The highest BCUT2D eigenvalue weighted by Crippen LogP contribution is 2.28. The van der Waals surface area contributed by atoms with Gasteiger partial charge in [-0.15, -0.1) is 0 Å². The van der Waals surface area contributed by atoms with Crippen molar-refractivity contribution in [2.75, 3.05) is 6.61 Å². The summed E-state index contributed by atoms with van der Waals surface area (Å²) in [6.07, 6.45) is 4.22. The standard InChI is InChI=1S/C14H30O/c1-12(2)15-11-14(6,7)10-8-9-13(3,4)5/h12H,8-11H2,1-7H3. The van der Waals surface area contributed by atoms with Crippen LogP contribution in [-0.4, -0.2) is 12.7 Å². The van der Waals surface area contributed by atoms with Crippen LogP contribution in [0.2, 0.25) is 0 Å². The molecule has 0 aliphatic carbocycles. The van der Waals surface area contributed by atoms with E-state index in [0.717, 1.165) is 6.61 Å². The third kappa shape index (κ3) is 10.2. The third-order valence-corrected chi connectivity index (χ3v) is 2.59. The largest absolute Gasteiger partial charge is 0.378 e. The Morgan fingerprint density at radius 2 is 1.47 bits per heavy atom. The fourth-order valence-electron chi connectivity index (χ4n) is 1.56. The molecule has 0 rings (SSSR count). The zero-order valence-electron chi connectivity index (χ0n) is 11.8. The average Bonchev–Trinajstić information content (AvgIpc) is 1.98. The van der Waals surface area contributed by atoms with Crippen LogP contribution in [0.3, 0.4) is 0 Å². The molecular formula is C14H30O. The van der Waals surface area contributed by atoms with Crippen LogP contribution < -0.4 is 0 Å². The second kappa shape index (κ2) is 5.89. The Balaban J connectivity index is 3.74. The topological polar surface area (TPSA) is 9.23 Å². The van der Waals surface area contributed by atoms with Crippen LogP contribution in [0.25, 0.3) is 0 Å². The van der Waals surface area contributed by atoms with Crippen LogP contribution >= 0.6 is 0 Å². The summed E-state index contributed by atoms with van der Waals surface area (Å²) >= 11 is 0. The minimum absolute atomic E-state index is 0.329. The van der Waals surface area contributed by atoms with E-state index in [4.69, 9.17) is 4.74 Å². The van der Waals surface area contributed by atoms with Gasteiger partial charge in [-0.3, -0.25) is 0 Å². The van der Waals surface area contributed by atoms with Gasteiger partial charge in [0.2, 0.25) is 0 Å². The van der Waals surface area contributed by atoms with Gasteiger partial charge < -0.3 is 4.74 Å². The van der Waals surface area contributed by atoms with Gasteiger partial charge in [0.15, 0.2) is 0 Å². The van der Waals surface area contributed by atoms with Crippen molar-refractivity contribution in [1.29, 1.82) is 0 Å². The molecule has 0 bridgehead atoms. The van der Waals surface area contributed by atoms with E-state index < -0.39 is 0 Å². The number of hydrogen-bond donors (Lipinski definition) is 0. The summed E-state index contributed by atoms with van der Waals surface area (Å²) < 4.78 is 5.69. The van der Waals surface area contributed by atoms with Crippen LogP contribution in [0.1, 0.15) is 67.7 Å². The molecule has 0 aromatic heterocycles. The van der Waals surface area contributed by atoms with Crippen molar-refractivity contribution in [3.05, 3.63) is 0 Å². The van der Waals surface area contributed by atoms with Gasteiger partial charge in [0.05, 0.1) is 12.7 Å². The first-order valence-corrected chi connectivity index (χ1v) is 6.24. The molecule has 0 spiro atoms. The Morgan fingerprint density at radius 3 is 1.87 bits per heavy atom. The summed E-state index contributed by atoms with van der Waals surface area (Å²) in [5.41, 5.74) is 0.796. The van der Waals surface area contributed by atoms with Crippen molar-refractivity contribution in [2.45, 2.75) is 73.8 Å². The molecule has 0 aliphatic heterocycles. The van der Waals surface area contributed by atoms with Gasteiger partial charge in [0, 0.05) is 0 Å². The Labute approximate surface area is 96.6 Å². The molecule has 0 N–H and O–H groups in total. The molecule has 0 saturated carbocycles. The average molecular weight is 214 g/mol. The lowest BCUT2D eigenvalue weighted by Crippen LogP contribution is -2.22. The monoisotopic (exact) mass is 214 g/mol. The summed E-state index contributed by atoms with van der Waals surface area (Å²) in [6, 6.07) is 0. The Hall–Kier alpha value is -0.0400. The minimum atomic E-state index is 0.329. The maximum absolute atomic E-state index is 5.69. The van der Waals surface area contributed by atoms with Gasteiger partial charge in [0.25, 0.3) is 0 Å². The van der Waals surface area contributed by atoms with E-state index in [1.165, 1.54) is 19.3 Å². The fourth-order valence-corrected chi connectivity index (χ4v) is 1.56. The molecule has 1 heteroatoms. The van der Waals surface area contributed by atoms with Crippen molar-refractivity contribution >= 4 is 0 Å². The first kappa shape index (κ1) is 15.0. The summed E-state index contributed by atoms with van der Waals surface area (Å²) in [5.74, 6) is 0. The maximum Gasteiger partial charge on any atom is 0.0520 e. The van der Waals surface area contributed by atoms with Gasteiger partial charge >= 0.3 is 0 Å². The maximum atomic E-state index is 5.69. The van der Waals surface area contributed by atoms with Gasteiger partial charge in [-0.1, -0.05) is 41.0 Å². The summed E-state index contributed by atoms with van der Waals surface area (Å²) in [4.78, 5) is 0. The van der Waals surface area contributed by atoms with Crippen LogP contribution in [-0.2, 0) is 4.74 Å². The predicted molar refractivity (Wildman–Crippen MR) is 68.2 cm³/mol. The molecule has 0 heterocycles. The Kier molecular flexibility index (Phi) is 5.87. The summed E-state index contributed by atoms with van der Waals surface area (Å²) in [6.45, 7) is 16.6. The van der Waals surface area contributed by atoms with Crippen molar-refractivity contribution in [2.24, 2.45) is 10.8 Å². The Bertz CT molecular complexity index is 163. The summed E-state index contributed by atoms with van der Waals surface area (Å²) in [7, 11) is 0. The minimum Gasteiger partial charge on any atom is -0.378 e. The lowest BCUT2D eigenvalue weighted by Gasteiger charge is -2.27. The lowest BCUT2D eigenvalue weighted by atomic mass is 9.83. The highest BCUT2D eigenvalue weighted by atomic mass is 16.5. The molecular weight excluding hydrogens is 184 g/mol. The number of rotatable bonds is 6. The van der Waals surface area contributed by atoms with Gasteiger partial charge in [-0.05, 0) is 37.5 Å². The number of ether oxygens (including phenoxy) is 1. The normalized spacial score (nSPS) is 13.6. The quantitative estimate of drug-likeness (QED) is 0.625. The van der Waals surface area contributed by atoms with Crippen LogP contribution in [0.15, 0.2) is 0 Å². The SMILES string of the molecule is CC(C)OCC(C)(C)CCCC(C)(C)C. The highest BCUT2D eigenvalue weighted by molar-refractivity contribution is 4.70. The van der Waals surface area contributed by atoms with Gasteiger partial charge in [0.1, 0.15) is 0 Å². The van der Waals surface area contributed by atoms with E-state index in [1.807, 2.05) is 0 Å². The molecule has 0 fully saturated rings. The molecule has 0 saturated heterocycles. The molecule has 0 unspecified atom stereocenters. The first-order valence-electron chi connectivity index (χ1n) is 6.24. The zero-order chi connectivity index (χ0) is 12.1. The highest BCUT2D eigenvalue weighted by Gasteiger charge is 2.20. The molecule has 0 radical (unpaired) electrons. The van der Waals surface area contributed by atoms with E-state index in [9.17, 15) is 0 Å². The van der Waals surface area contributed by atoms with Crippen molar-refractivity contribution in [3.63, 3.8) is 0 Å². The lowest BCUT2D eigenvalue weighted by molar-refractivity contribution is 0.0164. The second-order valence-corrected chi connectivity index (χ2v) is 6.94. The first-order chi connectivity index (χ1) is 6.62. The van der Waals surface area contributed by atoms with E-state index in [-0.39, 0.29) is 0 Å². The third-order valence-electron chi connectivity index (χ3n) is 2.59. The Morgan fingerprint density at radius 1 is 0.933 bits per heavy atom. The smallest absolute Gasteiger partial charge is 0.0520 e. The molecule has 0 atom stereocenters. The fraction of sp³-hybridized carbons (Fsp3) is 1.00. The van der Waals surface area contributed by atoms with Crippen molar-refractivity contribution < 1.29 is 4.74 Å². The van der Waals surface area contributed by atoms with Crippen LogP contribution in [0.5, 0.6) is 0 Å². The second-order valence-electron chi connectivity index (χ2n) is 6.94. The van der Waals surface area contributed by atoms with Gasteiger partial charge in [-0.25, -0.2) is 0 Å². The zero-order valence-corrected chi connectivity index (χ0v) is 11.8. The predicted octanol–water partition coefficient (Wildman–Crippen LogP) is 4.65. The van der Waals surface area contributed by atoms with Crippen molar-refractivity contribution in [3.8, 4) is 0 Å². The summed E-state index contributed by atoms with van der Waals surface area (Å²) in [5, 5.41) is 0. The van der Waals surface area contributed by atoms with Crippen LogP contribution in [0.4, 0.5) is 0 Å². The van der Waals surface area contributed by atoms with Crippen molar-refractivity contribution in [1.82, 2.24) is 0 Å². The van der Waals surface area contributed by atoms with Crippen LogP contribution in [0, 0.1) is 10.8 Å². The van der Waals surface area contributed by atoms with E-state index in [1.54, 1.807) is 0 Å². The molecule has 1 nitrogen and oxygen atoms in total. The van der Waals surface area contributed by atoms with E-state index >= 15 is 0 Å². The van der Waals surface area contributed by atoms with Gasteiger partial charge in [-0.2, -0.15) is 0 Å². The molecule has 15 heavy (non-hydrogen) atoms. The molecule has 0 aromatic carbocycles. The van der Waals surface area contributed by atoms with E-state index in [0.29, 0.717) is 16.9 Å². The molecule has 0 aliphatic rings. The molecule has 0 amide bonds. The molecule has 92 valence electrons. The van der Waals surface area contributed by atoms with E-state index in [2.05, 4.69) is 48.5 Å².